The molecule has 3 atom stereocenters. The molecule has 6 nitrogen and oxygen atoms in total. The Bertz CT molecular complexity index is 1020. The summed E-state index contributed by atoms with van der Waals surface area (Å²) in [6, 6.07) is 3.01. The van der Waals surface area contributed by atoms with Crippen LogP contribution in [-0.2, 0) is 0 Å². The summed E-state index contributed by atoms with van der Waals surface area (Å²) < 4.78 is 42.2. The molecular weight excluding hydrogens is 395 g/mol. The first-order valence-corrected chi connectivity index (χ1v) is 10.0. The van der Waals surface area contributed by atoms with Crippen LogP contribution in [0.1, 0.15) is 37.7 Å². The van der Waals surface area contributed by atoms with E-state index in [2.05, 4.69) is 20.2 Å². The lowest BCUT2D eigenvalue weighted by molar-refractivity contribution is -0.0129. The number of nitriles is 1. The Hall–Kier alpha value is -2.86. The maximum absolute atomic E-state index is 14.1. The van der Waals surface area contributed by atoms with Gasteiger partial charge >= 0.3 is 0 Å². The molecule has 1 saturated carbocycles. The lowest BCUT2D eigenvalue weighted by Gasteiger charge is -2.38. The number of nitrogens with one attached hydrogen (secondary N) is 1. The number of hydrogen-bond donors (Lipinski definition) is 2. The van der Waals surface area contributed by atoms with E-state index in [-0.39, 0.29) is 47.1 Å². The monoisotopic (exact) mass is 415 g/mol. The van der Waals surface area contributed by atoms with E-state index in [0.29, 0.717) is 18.7 Å². The van der Waals surface area contributed by atoms with Gasteiger partial charge in [0.25, 0.3) is 5.92 Å². The molecule has 3 heterocycles. The SMILES string of the molecule is N#Cc1cc(O)c(-c2cnc(N(C3CC3)[C@@H]3CC4N[C@H](C3)CC4(F)F)cn2)cc1F. The van der Waals surface area contributed by atoms with E-state index in [9.17, 15) is 18.3 Å². The van der Waals surface area contributed by atoms with Crippen LogP contribution < -0.4 is 10.2 Å². The average Bonchev–Trinajstić information content (AvgIpc) is 3.51. The van der Waals surface area contributed by atoms with E-state index >= 15 is 0 Å². The van der Waals surface area contributed by atoms with Crippen LogP contribution in [-0.4, -0.2) is 45.2 Å². The van der Waals surface area contributed by atoms with E-state index in [1.54, 1.807) is 12.3 Å². The highest BCUT2D eigenvalue weighted by Gasteiger charge is 2.54. The van der Waals surface area contributed by atoms with Crippen molar-refractivity contribution in [2.45, 2.75) is 62.2 Å². The van der Waals surface area contributed by atoms with E-state index < -0.39 is 17.8 Å². The third-order valence-corrected chi connectivity index (χ3v) is 6.25. The van der Waals surface area contributed by atoms with Gasteiger partial charge in [0.05, 0.1) is 29.7 Å². The Morgan fingerprint density at radius 3 is 2.60 bits per heavy atom. The number of aromatic nitrogens is 2. The van der Waals surface area contributed by atoms with Gasteiger partial charge < -0.3 is 15.3 Å². The van der Waals surface area contributed by atoms with Gasteiger partial charge in [-0.15, -0.1) is 0 Å². The Balaban J connectivity index is 1.42. The maximum Gasteiger partial charge on any atom is 0.264 e. The van der Waals surface area contributed by atoms with E-state index in [1.807, 2.05) is 0 Å². The molecule has 3 fully saturated rings. The first-order valence-electron chi connectivity index (χ1n) is 10.0. The first-order chi connectivity index (χ1) is 14.4. The minimum Gasteiger partial charge on any atom is -0.507 e. The van der Waals surface area contributed by atoms with Gasteiger partial charge in [-0.05, 0) is 31.7 Å². The molecule has 0 spiro atoms. The predicted molar refractivity (Wildman–Crippen MR) is 103 cm³/mol. The van der Waals surface area contributed by atoms with Crippen molar-refractivity contribution in [1.29, 1.82) is 5.26 Å². The second-order valence-corrected chi connectivity index (χ2v) is 8.37. The standard InChI is InChI=1S/C21H20F3N5O/c22-16-6-15(18(30)3-11(16)8-25)17-9-27-20(10-26-17)29(13-1-2-13)14-4-12-7-21(23,24)19(5-14)28-12/h3,6,9-10,12-14,19,28,30H,1-2,4-5,7H2/t12-,14+,19?/m1/s1. The third kappa shape index (κ3) is 3.25. The van der Waals surface area contributed by atoms with Gasteiger partial charge in [-0.3, -0.25) is 4.98 Å². The quantitative estimate of drug-likeness (QED) is 0.797. The van der Waals surface area contributed by atoms with Crippen LogP contribution in [0.5, 0.6) is 5.75 Å². The Morgan fingerprint density at radius 1 is 1.17 bits per heavy atom. The van der Waals surface area contributed by atoms with Gasteiger partial charge in [0, 0.05) is 36.2 Å². The summed E-state index contributed by atoms with van der Waals surface area (Å²) in [6.07, 6.45) is 5.82. The van der Waals surface area contributed by atoms with Crippen LogP contribution in [0.2, 0.25) is 0 Å². The number of fused-ring (bicyclic) bond motifs is 2. The van der Waals surface area contributed by atoms with Crippen LogP contribution >= 0.6 is 0 Å². The number of nitrogens with zero attached hydrogens (tertiary/aromatic N) is 4. The minimum absolute atomic E-state index is 0.0389. The fraction of sp³-hybridized carbons (Fsp3) is 0.476. The van der Waals surface area contributed by atoms with Crippen molar-refractivity contribution in [2.75, 3.05) is 4.90 Å². The molecule has 1 aromatic heterocycles. The van der Waals surface area contributed by atoms with Crippen molar-refractivity contribution >= 4 is 5.82 Å². The maximum atomic E-state index is 14.1. The molecule has 1 aliphatic carbocycles. The number of aromatic hydroxyl groups is 1. The summed E-state index contributed by atoms with van der Waals surface area (Å²) in [5.74, 6) is -3.08. The van der Waals surface area contributed by atoms with Crippen molar-refractivity contribution in [2.24, 2.45) is 0 Å². The summed E-state index contributed by atoms with van der Waals surface area (Å²) >= 11 is 0. The Morgan fingerprint density at radius 2 is 1.97 bits per heavy atom. The van der Waals surface area contributed by atoms with Crippen LogP contribution in [0.4, 0.5) is 19.0 Å². The van der Waals surface area contributed by atoms with Gasteiger partial charge in [0.15, 0.2) is 0 Å². The predicted octanol–water partition coefficient (Wildman–Crippen LogP) is 3.36. The number of piperidine rings is 1. The molecule has 0 amide bonds. The van der Waals surface area contributed by atoms with Crippen molar-refractivity contribution in [3.05, 3.63) is 35.9 Å². The van der Waals surface area contributed by atoms with Gasteiger partial charge in [-0.2, -0.15) is 5.26 Å². The Labute approximate surface area is 171 Å². The zero-order valence-electron chi connectivity index (χ0n) is 16.0. The minimum atomic E-state index is -2.68. The average molecular weight is 415 g/mol. The number of halogens is 3. The van der Waals surface area contributed by atoms with E-state index in [1.165, 1.54) is 6.20 Å². The summed E-state index contributed by atoms with van der Waals surface area (Å²) in [6.45, 7) is 0. The van der Waals surface area contributed by atoms with Crippen LogP contribution in [0.15, 0.2) is 24.5 Å². The number of benzene rings is 1. The van der Waals surface area contributed by atoms with Gasteiger partial charge in [0.1, 0.15) is 23.5 Å². The molecule has 30 heavy (non-hydrogen) atoms. The number of phenolic OH excluding ortho intramolecular Hbond substituents is 1. The number of alkyl halides is 2. The van der Waals surface area contributed by atoms with Crippen molar-refractivity contribution in [3.8, 4) is 23.1 Å². The summed E-state index contributed by atoms with van der Waals surface area (Å²) in [5.41, 5.74) is 0.161. The highest BCUT2D eigenvalue weighted by Crippen LogP contribution is 2.43. The number of phenols is 1. The van der Waals surface area contributed by atoms with Crippen molar-refractivity contribution in [3.63, 3.8) is 0 Å². The molecule has 5 rings (SSSR count). The zero-order chi connectivity index (χ0) is 21.0. The molecule has 2 aromatic rings. The van der Waals surface area contributed by atoms with E-state index in [4.69, 9.17) is 5.26 Å². The summed E-state index contributed by atoms with van der Waals surface area (Å²) in [7, 11) is 0. The highest BCUT2D eigenvalue weighted by atomic mass is 19.3. The fourth-order valence-corrected chi connectivity index (χ4v) is 4.72. The molecule has 156 valence electrons. The molecule has 2 bridgehead atoms. The number of hydrogen-bond acceptors (Lipinski definition) is 6. The molecule has 1 aromatic carbocycles. The van der Waals surface area contributed by atoms with Gasteiger partial charge in [0.2, 0.25) is 0 Å². The lowest BCUT2D eigenvalue weighted by atomic mass is 9.97. The van der Waals surface area contributed by atoms with E-state index in [0.717, 1.165) is 25.0 Å². The summed E-state index contributed by atoms with van der Waals surface area (Å²) in [5, 5.41) is 22.0. The normalized spacial score (nSPS) is 26.9. The highest BCUT2D eigenvalue weighted by molar-refractivity contribution is 5.68. The molecule has 2 N–H and O–H groups in total. The lowest BCUT2D eigenvalue weighted by Crippen LogP contribution is -2.51. The molecule has 9 heteroatoms. The third-order valence-electron chi connectivity index (χ3n) is 6.25. The topological polar surface area (TPSA) is 85.1 Å². The Kier molecular flexibility index (Phi) is 4.36. The van der Waals surface area contributed by atoms with Crippen LogP contribution in [0, 0.1) is 17.1 Å². The largest absolute Gasteiger partial charge is 0.507 e. The summed E-state index contributed by atoms with van der Waals surface area (Å²) in [4.78, 5) is 10.9. The second kappa shape index (κ2) is 6.84. The van der Waals surface area contributed by atoms with Gasteiger partial charge in [-0.1, -0.05) is 0 Å². The van der Waals surface area contributed by atoms with Crippen molar-refractivity contribution in [1.82, 2.24) is 15.3 Å². The molecule has 0 radical (unpaired) electrons. The van der Waals surface area contributed by atoms with Gasteiger partial charge in [-0.25, -0.2) is 18.2 Å². The zero-order valence-corrected chi connectivity index (χ0v) is 16.0. The first kappa shape index (κ1) is 19.1. The molecule has 1 unspecified atom stereocenters. The smallest absolute Gasteiger partial charge is 0.264 e. The molecule has 2 saturated heterocycles. The molecule has 3 aliphatic rings. The van der Waals surface area contributed by atoms with Crippen molar-refractivity contribution < 1.29 is 18.3 Å². The van der Waals surface area contributed by atoms with Crippen LogP contribution in [0.3, 0.4) is 0 Å². The molecule has 2 aliphatic heterocycles. The number of rotatable bonds is 4. The second-order valence-electron chi connectivity index (χ2n) is 8.37. The van der Waals surface area contributed by atoms with Crippen LogP contribution in [0.25, 0.3) is 11.3 Å². The fourth-order valence-electron chi connectivity index (χ4n) is 4.72. The number of anilines is 1. The molecular formula is C21H20F3N5O.